The minimum atomic E-state index is -1.37. The molecule has 1 aromatic carbocycles. The van der Waals surface area contributed by atoms with Crippen LogP contribution < -0.4 is 0 Å². The van der Waals surface area contributed by atoms with Crippen molar-refractivity contribution < 1.29 is 25.2 Å². The fourth-order valence-corrected chi connectivity index (χ4v) is 2.64. The lowest BCUT2D eigenvalue weighted by molar-refractivity contribution is -0.250. The molecule has 0 spiro atoms. The number of para-hydroxylation sites is 1. The largest absolute Gasteiger partial charge is 0.394 e. The van der Waals surface area contributed by atoms with Gasteiger partial charge in [0, 0.05) is 6.20 Å². The first-order chi connectivity index (χ1) is 9.63. The van der Waals surface area contributed by atoms with Crippen molar-refractivity contribution in [3.63, 3.8) is 0 Å². The molecule has 2 heterocycles. The van der Waals surface area contributed by atoms with Crippen LogP contribution in [0, 0.1) is 0 Å². The summed E-state index contributed by atoms with van der Waals surface area (Å²) in [7, 11) is 0. The van der Waals surface area contributed by atoms with E-state index in [1.165, 1.54) is 0 Å². The average molecular weight is 279 g/mol. The molecule has 0 unspecified atom stereocenters. The summed E-state index contributed by atoms with van der Waals surface area (Å²) < 4.78 is 7.23. The fraction of sp³-hybridized carbons (Fsp3) is 0.429. The molecule has 1 aromatic heterocycles. The summed E-state index contributed by atoms with van der Waals surface area (Å²) in [5, 5.41) is 39.9. The molecule has 0 radical (unpaired) electrons. The van der Waals surface area contributed by atoms with Crippen LogP contribution in [0.1, 0.15) is 6.23 Å². The Balaban J connectivity index is 2.00. The number of nitrogens with zero attached hydrogens (tertiary/aromatic N) is 1. The SMILES string of the molecule is OC[C@@H]1O[C@@H](n2ccc3ccccc32)[C@H](O)[C@H](O)[C@@H]1O. The second-order valence-corrected chi connectivity index (χ2v) is 5.00. The van der Waals surface area contributed by atoms with Gasteiger partial charge in [0.25, 0.3) is 0 Å². The van der Waals surface area contributed by atoms with Gasteiger partial charge in [-0.1, -0.05) is 18.2 Å². The van der Waals surface area contributed by atoms with Crippen molar-refractivity contribution in [1.82, 2.24) is 4.57 Å². The summed E-state index contributed by atoms with van der Waals surface area (Å²) in [5.74, 6) is 0. The van der Waals surface area contributed by atoms with Gasteiger partial charge in [-0.3, -0.25) is 0 Å². The van der Waals surface area contributed by atoms with Gasteiger partial charge in [-0.15, -0.1) is 0 Å². The molecule has 1 aliphatic heterocycles. The third kappa shape index (κ3) is 2.02. The number of hydrogen-bond donors (Lipinski definition) is 4. The molecule has 3 rings (SSSR count). The van der Waals surface area contributed by atoms with E-state index in [2.05, 4.69) is 0 Å². The zero-order valence-electron chi connectivity index (χ0n) is 10.7. The maximum Gasteiger partial charge on any atom is 0.163 e. The molecule has 1 aliphatic rings. The van der Waals surface area contributed by atoms with Crippen molar-refractivity contribution in [1.29, 1.82) is 0 Å². The Morgan fingerprint density at radius 1 is 1.00 bits per heavy atom. The van der Waals surface area contributed by atoms with Crippen LogP contribution in [0.4, 0.5) is 0 Å². The zero-order chi connectivity index (χ0) is 14.3. The first-order valence-corrected chi connectivity index (χ1v) is 6.49. The van der Waals surface area contributed by atoms with Crippen LogP contribution in [-0.2, 0) is 4.74 Å². The van der Waals surface area contributed by atoms with E-state index in [1.54, 1.807) is 10.8 Å². The molecule has 20 heavy (non-hydrogen) atoms. The van der Waals surface area contributed by atoms with Crippen LogP contribution in [0.3, 0.4) is 0 Å². The standard InChI is InChI=1S/C14H17NO5/c16-7-10-11(17)12(18)13(19)14(20-10)15-6-5-8-3-1-2-4-9(8)15/h1-6,10-14,16-19H,7H2/t10-,11+,12+,13+,14+/m0/s1. The highest BCUT2D eigenvalue weighted by Crippen LogP contribution is 2.31. The van der Waals surface area contributed by atoms with Gasteiger partial charge in [0.05, 0.1) is 12.1 Å². The molecule has 5 atom stereocenters. The smallest absolute Gasteiger partial charge is 0.163 e. The van der Waals surface area contributed by atoms with Crippen molar-refractivity contribution in [3.05, 3.63) is 36.5 Å². The number of aliphatic hydroxyl groups is 4. The zero-order valence-corrected chi connectivity index (χ0v) is 10.7. The summed E-state index contributed by atoms with van der Waals surface area (Å²) in [5.41, 5.74) is 0.844. The van der Waals surface area contributed by atoms with E-state index in [9.17, 15) is 20.4 Å². The third-order valence-corrected chi connectivity index (χ3v) is 3.77. The van der Waals surface area contributed by atoms with Gasteiger partial charge in [0.2, 0.25) is 0 Å². The maximum atomic E-state index is 10.1. The first-order valence-electron chi connectivity index (χ1n) is 6.49. The Labute approximate surface area is 115 Å². The number of aromatic nitrogens is 1. The number of ether oxygens (including phenoxy) is 1. The van der Waals surface area contributed by atoms with Gasteiger partial charge < -0.3 is 29.7 Å². The quantitative estimate of drug-likeness (QED) is 0.601. The number of benzene rings is 1. The van der Waals surface area contributed by atoms with E-state index < -0.39 is 37.3 Å². The Bertz CT molecular complexity index is 596. The molecule has 2 aromatic rings. The van der Waals surface area contributed by atoms with Gasteiger partial charge in [-0.2, -0.15) is 0 Å². The second-order valence-electron chi connectivity index (χ2n) is 5.00. The lowest BCUT2D eigenvalue weighted by Crippen LogP contribution is -2.56. The molecule has 4 N–H and O–H groups in total. The molecule has 1 fully saturated rings. The predicted octanol–water partition coefficient (Wildman–Crippen LogP) is -0.386. The molecule has 6 nitrogen and oxygen atoms in total. The fourth-order valence-electron chi connectivity index (χ4n) is 2.64. The highest BCUT2D eigenvalue weighted by atomic mass is 16.6. The van der Waals surface area contributed by atoms with Crippen LogP contribution in [0.2, 0.25) is 0 Å². The summed E-state index contributed by atoms with van der Waals surface area (Å²) in [6.45, 7) is -0.430. The van der Waals surface area contributed by atoms with Gasteiger partial charge in [-0.25, -0.2) is 0 Å². The summed E-state index contributed by atoms with van der Waals surface area (Å²) in [6.07, 6.45) is -3.99. The van der Waals surface area contributed by atoms with Crippen LogP contribution in [0.15, 0.2) is 36.5 Å². The van der Waals surface area contributed by atoms with E-state index in [1.807, 2.05) is 30.3 Å². The molecule has 0 amide bonds. The Morgan fingerprint density at radius 3 is 2.50 bits per heavy atom. The first kappa shape index (κ1) is 13.5. The van der Waals surface area contributed by atoms with Crippen molar-refractivity contribution in [2.45, 2.75) is 30.6 Å². The number of aliphatic hydroxyl groups excluding tert-OH is 4. The Morgan fingerprint density at radius 2 is 1.75 bits per heavy atom. The van der Waals surface area contributed by atoms with Gasteiger partial charge >= 0.3 is 0 Å². The molecule has 0 bridgehead atoms. The number of fused-ring (bicyclic) bond motifs is 1. The third-order valence-electron chi connectivity index (χ3n) is 3.77. The summed E-state index contributed by atoms with van der Waals surface area (Å²) in [4.78, 5) is 0. The second kappa shape index (κ2) is 5.16. The highest BCUT2D eigenvalue weighted by molar-refractivity contribution is 5.80. The van der Waals surface area contributed by atoms with Gasteiger partial charge in [0.15, 0.2) is 6.23 Å². The number of rotatable bonds is 2. The van der Waals surface area contributed by atoms with Crippen LogP contribution in [0.5, 0.6) is 0 Å². The normalized spacial score (nSPS) is 34.5. The van der Waals surface area contributed by atoms with E-state index in [0.717, 1.165) is 10.9 Å². The summed E-state index contributed by atoms with van der Waals surface area (Å²) >= 11 is 0. The van der Waals surface area contributed by atoms with E-state index >= 15 is 0 Å². The molecule has 108 valence electrons. The maximum absolute atomic E-state index is 10.1. The van der Waals surface area contributed by atoms with E-state index in [0.29, 0.717) is 0 Å². The predicted molar refractivity (Wildman–Crippen MR) is 71.0 cm³/mol. The van der Waals surface area contributed by atoms with Crippen LogP contribution in [-0.4, -0.2) is 56.0 Å². The molecule has 0 aliphatic carbocycles. The van der Waals surface area contributed by atoms with Gasteiger partial charge in [-0.05, 0) is 17.5 Å². The van der Waals surface area contributed by atoms with Crippen molar-refractivity contribution >= 4 is 10.9 Å². The molecule has 0 saturated carbocycles. The number of hydrogen-bond acceptors (Lipinski definition) is 5. The van der Waals surface area contributed by atoms with E-state index in [-0.39, 0.29) is 0 Å². The molecular formula is C14H17NO5. The monoisotopic (exact) mass is 279 g/mol. The average Bonchev–Trinajstić information content (AvgIpc) is 2.89. The molecule has 6 heteroatoms. The van der Waals surface area contributed by atoms with Crippen molar-refractivity contribution in [2.75, 3.05) is 6.61 Å². The minimum absolute atomic E-state index is 0.430. The van der Waals surface area contributed by atoms with Crippen molar-refractivity contribution in [3.8, 4) is 0 Å². The lowest BCUT2D eigenvalue weighted by Gasteiger charge is -2.40. The van der Waals surface area contributed by atoms with Crippen molar-refractivity contribution in [2.24, 2.45) is 0 Å². The summed E-state index contributed by atoms with van der Waals surface area (Å²) in [6, 6.07) is 9.44. The Hall–Kier alpha value is -1.44. The topological polar surface area (TPSA) is 95.1 Å². The van der Waals surface area contributed by atoms with Crippen LogP contribution >= 0.6 is 0 Å². The van der Waals surface area contributed by atoms with Gasteiger partial charge in [0.1, 0.15) is 24.4 Å². The Kier molecular flexibility index (Phi) is 3.49. The van der Waals surface area contributed by atoms with E-state index in [4.69, 9.17) is 4.74 Å². The molecular weight excluding hydrogens is 262 g/mol. The molecule has 1 saturated heterocycles. The van der Waals surface area contributed by atoms with Crippen LogP contribution in [0.25, 0.3) is 10.9 Å². The highest BCUT2D eigenvalue weighted by Gasteiger charge is 2.44. The minimum Gasteiger partial charge on any atom is -0.394 e. The lowest BCUT2D eigenvalue weighted by atomic mass is 9.98.